The van der Waals surface area contributed by atoms with E-state index in [9.17, 15) is 4.79 Å². The van der Waals surface area contributed by atoms with Crippen LogP contribution >= 0.6 is 0 Å². The minimum absolute atomic E-state index is 0.229. The van der Waals surface area contributed by atoms with Crippen LogP contribution in [0.5, 0.6) is 0 Å². The van der Waals surface area contributed by atoms with Crippen molar-refractivity contribution >= 4 is 5.91 Å². The standard InChI is InChI=1S/C16H30N2O2/c1-12-5-7-15(8-6-12)17(4)16(19)11-18-9-13(2)20-14(3)10-18/h12-15H,5-11H2,1-4H3. The second kappa shape index (κ2) is 6.90. The molecular weight excluding hydrogens is 252 g/mol. The molecule has 116 valence electrons. The summed E-state index contributed by atoms with van der Waals surface area (Å²) in [7, 11) is 1.98. The van der Waals surface area contributed by atoms with Crippen molar-refractivity contribution in [2.75, 3.05) is 26.7 Å². The highest BCUT2D eigenvalue weighted by atomic mass is 16.5. The Morgan fingerprint density at radius 2 is 1.65 bits per heavy atom. The maximum atomic E-state index is 12.4. The summed E-state index contributed by atoms with van der Waals surface area (Å²) in [6.07, 6.45) is 5.31. The van der Waals surface area contributed by atoms with Gasteiger partial charge in [-0.05, 0) is 45.4 Å². The molecule has 1 saturated carbocycles. The summed E-state index contributed by atoms with van der Waals surface area (Å²) in [6, 6.07) is 0.453. The van der Waals surface area contributed by atoms with Gasteiger partial charge in [0.1, 0.15) is 0 Å². The zero-order valence-corrected chi connectivity index (χ0v) is 13.5. The van der Waals surface area contributed by atoms with Gasteiger partial charge in [-0.25, -0.2) is 0 Å². The molecule has 4 nitrogen and oxygen atoms in total. The van der Waals surface area contributed by atoms with E-state index in [1.54, 1.807) is 0 Å². The lowest BCUT2D eigenvalue weighted by Gasteiger charge is -2.38. The van der Waals surface area contributed by atoms with Gasteiger partial charge >= 0.3 is 0 Å². The number of likely N-dealkylation sites (N-methyl/N-ethyl adjacent to an activating group) is 1. The van der Waals surface area contributed by atoms with Crippen LogP contribution < -0.4 is 0 Å². The fraction of sp³-hybridized carbons (Fsp3) is 0.938. The van der Waals surface area contributed by atoms with Gasteiger partial charge in [0.15, 0.2) is 0 Å². The van der Waals surface area contributed by atoms with Crippen molar-refractivity contribution in [1.82, 2.24) is 9.80 Å². The Morgan fingerprint density at radius 1 is 1.10 bits per heavy atom. The summed E-state index contributed by atoms with van der Waals surface area (Å²) in [4.78, 5) is 16.7. The van der Waals surface area contributed by atoms with E-state index in [-0.39, 0.29) is 18.1 Å². The van der Waals surface area contributed by atoms with Crippen LogP contribution in [0.3, 0.4) is 0 Å². The molecule has 2 aliphatic rings. The van der Waals surface area contributed by atoms with Gasteiger partial charge in [0.2, 0.25) is 5.91 Å². The number of rotatable bonds is 3. The molecule has 20 heavy (non-hydrogen) atoms. The van der Waals surface area contributed by atoms with Crippen LogP contribution in [0.1, 0.15) is 46.5 Å². The number of carbonyl (C=O) groups is 1. The molecule has 2 fully saturated rings. The first kappa shape index (κ1) is 15.8. The Bertz CT molecular complexity index is 316. The van der Waals surface area contributed by atoms with E-state index in [4.69, 9.17) is 4.74 Å². The monoisotopic (exact) mass is 282 g/mol. The summed E-state index contributed by atoms with van der Waals surface area (Å²) in [5, 5.41) is 0. The van der Waals surface area contributed by atoms with Crippen LogP contribution in [0.25, 0.3) is 0 Å². The quantitative estimate of drug-likeness (QED) is 0.795. The second-order valence-electron chi connectivity index (χ2n) is 6.87. The largest absolute Gasteiger partial charge is 0.373 e. The summed E-state index contributed by atoms with van der Waals surface area (Å²) in [5.74, 6) is 1.10. The molecule has 0 bridgehead atoms. The Hall–Kier alpha value is -0.610. The first-order valence-corrected chi connectivity index (χ1v) is 8.09. The number of ether oxygens (including phenoxy) is 1. The maximum absolute atomic E-state index is 12.4. The van der Waals surface area contributed by atoms with Gasteiger partial charge in [-0.1, -0.05) is 6.92 Å². The molecule has 1 saturated heterocycles. The predicted octanol–water partition coefficient (Wildman–Crippen LogP) is 2.13. The third-order valence-electron chi connectivity index (χ3n) is 4.78. The van der Waals surface area contributed by atoms with Crippen molar-refractivity contribution < 1.29 is 9.53 Å². The molecule has 1 heterocycles. The number of carbonyl (C=O) groups excluding carboxylic acids is 1. The highest BCUT2D eigenvalue weighted by Gasteiger charge is 2.28. The molecule has 2 rings (SSSR count). The predicted molar refractivity (Wildman–Crippen MR) is 80.6 cm³/mol. The van der Waals surface area contributed by atoms with Gasteiger partial charge in [0.05, 0.1) is 18.8 Å². The first-order valence-electron chi connectivity index (χ1n) is 8.09. The van der Waals surface area contributed by atoms with Crippen LogP contribution in [0.15, 0.2) is 0 Å². The third kappa shape index (κ3) is 4.19. The number of hydrogen-bond donors (Lipinski definition) is 0. The Morgan fingerprint density at radius 3 is 2.20 bits per heavy atom. The topological polar surface area (TPSA) is 32.8 Å². The molecule has 0 aromatic carbocycles. The van der Waals surface area contributed by atoms with E-state index in [0.717, 1.165) is 19.0 Å². The Balaban J connectivity index is 1.81. The molecular formula is C16H30N2O2. The fourth-order valence-electron chi connectivity index (χ4n) is 3.55. The molecule has 1 amide bonds. The number of hydrogen-bond acceptors (Lipinski definition) is 3. The lowest BCUT2D eigenvalue weighted by molar-refractivity contribution is -0.137. The summed E-state index contributed by atoms with van der Waals surface area (Å²) >= 11 is 0. The zero-order valence-electron chi connectivity index (χ0n) is 13.5. The molecule has 4 heteroatoms. The lowest BCUT2D eigenvalue weighted by atomic mass is 9.87. The summed E-state index contributed by atoms with van der Waals surface area (Å²) < 4.78 is 5.72. The third-order valence-corrected chi connectivity index (χ3v) is 4.78. The van der Waals surface area contributed by atoms with Crippen LogP contribution in [0.2, 0.25) is 0 Å². The van der Waals surface area contributed by atoms with Gasteiger partial charge < -0.3 is 9.64 Å². The van der Waals surface area contributed by atoms with E-state index in [1.807, 2.05) is 11.9 Å². The molecule has 1 aliphatic heterocycles. The van der Waals surface area contributed by atoms with E-state index in [0.29, 0.717) is 12.6 Å². The fourth-order valence-corrected chi connectivity index (χ4v) is 3.55. The van der Waals surface area contributed by atoms with Gasteiger partial charge in [-0.15, -0.1) is 0 Å². The Labute approximate surface area is 123 Å². The van der Waals surface area contributed by atoms with Crippen molar-refractivity contribution in [1.29, 1.82) is 0 Å². The van der Waals surface area contributed by atoms with Gasteiger partial charge in [-0.2, -0.15) is 0 Å². The molecule has 1 aliphatic carbocycles. The van der Waals surface area contributed by atoms with Crippen molar-refractivity contribution in [3.63, 3.8) is 0 Å². The van der Waals surface area contributed by atoms with Crippen LogP contribution in [0, 0.1) is 5.92 Å². The summed E-state index contributed by atoms with van der Waals surface area (Å²) in [6.45, 7) is 8.76. The number of nitrogens with zero attached hydrogens (tertiary/aromatic N) is 2. The average Bonchev–Trinajstić information content (AvgIpc) is 2.37. The molecule has 0 N–H and O–H groups in total. The van der Waals surface area contributed by atoms with Crippen LogP contribution in [0.4, 0.5) is 0 Å². The van der Waals surface area contributed by atoms with E-state index >= 15 is 0 Å². The minimum atomic E-state index is 0.229. The first-order chi connectivity index (χ1) is 9.45. The highest BCUT2D eigenvalue weighted by molar-refractivity contribution is 5.78. The Kier molecular flexibility index (Phi) is 5.44. The van der Waals surface area contributed by atoms with Crippen LogP contribution in [-0.2, 0) is 9.53 Å². The van der Waals surface area contributed by atoms with E-state index < -0.39 is 0 Å². The molecule has 0 radical (unpaired) electrons. The number of amides is 1. The van der Waals surface area contributed by atoms with Gasteiger partial charge in [0.25, 0.3) is 0 Å². The van der Waals surface area contributed by atoms with Crippen molar-refractivity contribution in [3.05, 3.63) is 0 Å². The summed E-state index contributed by atoms with van der Waals surface area (Å²) in [5.41, 5.74) is 0. The van der Waals surface area contributed by atoms with Crippen molar-refractivity contribution in [3.8, 4) is 0 Å². The molecule has 0 aromatic heterocycles. The number of morpholine rings is 1. The van der Waals surface area contributed by atoms with E-state index in [2.05, 4.69) is 25.7 Å². The molecule has 0 spiro atoms. The smallest absolute Gasteiger partial charge is 0.236 e. The van der Waals surface area contributed by atoms with E-state index in [1.165, 1.54) is 25.7 Å². The maximum Gasteiger partial charge on any atom is 0.236 e. The minimum Gasteiger partial charge on any atom is -0.373 e. The normalized spacial score (nSPS) is 35.8. The van der Waals surface area contributed by atoms with Crippen molar-refractivity contribution in [2.24, 2.45) is 5.92 Å². The second-order valence-corrected chi connectivity index (χ2v) is 6.87. The van der Waals surface area contributed by atoms with Gasteiger partial charge in [-0.3, -0.25) is 9.69 Å². The zero-order chi connectivity index (χ0) is 14.7. The van der Waals surface area contributed by atoms with Gasteiger partial charge in [0, 0.05) is 26.2 Å². The lowest BCUT2D eigenvalue weighted by Crippen LogP contribution is -2.51. The van der Waals surface area contributed by atoms with Crippen LogP contribution in [-0.4, -0.2) is 60.6 Å². The molecule has 2 unspecified atom stereocenters. The molecule has 2 atom stereocenters. The SMILES string of the molecule is CC1CCC(N(C)C(=O)CN2CC(C)OC(C)C2)CC1. The molecule has 0 aromatic rings. The highest BCUT2D eigenvalue weighted by Crippen LogP contribution is 2.26. The average molecular weight is 282 g/mol. The van der Waals surface area contributed by atoms with Crippen molar-refractivity contribution in [2.45, 2.75) is 64.7 Å².